The number of benzene rings is 2. The summed E-state index contributed by atoms with van der Waals surface area (Å²) >= 11 is 0. The summed E-state index contributed by atoms with van der Waals surface area (Å²) < 4.78 is 17.4. The Balaban J connectivity index is 0.000000150. The molecule has 4 N–H and O–H groups in total. The zero-order valence-electron chi connectivity index (χ0n) is 34.9. The molecule has 6 aliphatic carbocycles. The molecule has 1 amide bonds. The van der Waals surface area contributed by atoms with E-state index in [-0.39, 0.29) is 47.3 Å². The van der Waals surface area contributed by atoms with Crippen molar-refractivity contribution in [1.29, 1.82) is 0 Å². The summed E-state index contributed by atoms with van der Waals surface area (Å²) in [7, 11) is 1.61. The third kappa shape index (κ3) is 5.69. The maximum absolute atomic E-state index is 13.0. The topological polar surface area (TPSA) is 162 Å². The van der Waals surface area contributed by atoms with Gasteiger partial charge in [-0.1, -0.05) is 12.1 Å². The van der Waals surface area contributed by atoms with E-state index in [9.17, 15) is 29.4 Å². The van der Waals surface area contributed by atoms with Crippen LogP contribution in [0, 0.1) is 34.5 Å². The fourth-order valence-corrected chi connectivity index (χ4v) is 13.7. The maximum Gasteiger partial charge on any atom is 0.312 e. The molecule has 58 heavy (non-hydrogen) atoms. The Bertz CT molecular complexity index is 2070. The molecule has 2 aliphatic heterocycles. The number of aryl methyl sites for hydroxylation is 1. The molecule has 4 saturated carbocycles. The third-order valence-corrected chi connectivity index (χ3v) is 17.2. The Hall–Kier alpha value is -3.76. The summed E-state index contributed by atoms with van der Waals surface area (Å²) in [5, 5.41) is 23.9. The number of fused-ring (bicyclic) bond motifs is 12. The molecule has 2 aromatic carbocycles. The Kier molecular flexibility index (Phi) is 9.15. The molecular weight excluding hydrogens is 735 g/mol. The van der Waals surface area contributed by atoms with E-state index in [2.05, 4.69) is 6.07 Å². The number of amides is 1. The van der Waals surface area contributed by atoms with Gasteiger partial charge in [0.15, 0.2) is 5.78 Å². The van der Waals surface area contributed by atoms with Crippen molar-refractivity contribution < 1.29 is 43.6 Å². The van der Waals surface area contributed by atoms with Crippen molar-refractivity contribution in [3.8, 4) is 5.75 Å². The van der Waals surface area contributed by atoms with Gasteiger partial charge in [-0.25, -0.2) is 0 Å². The molecule has 10 atom stereocenters. The zero-order valence-corrected chi connectivity index (χ0v) is 34.9. The van der Waals surface area contributed by atoms with Gasteiger partial charge in [0.2, 0.25) is 5.91 Å². The van der Waals surface area contributed by atoms with Crippen LogP contribution in [-0.2, 0) is 25.5 Å². The fraction of sp³-hybridized carbons (Fsp3) is 0.667. The number of ketones is 1. The van der Waals surface area contributed by atoms with Gasteiger partial charge in [-0.15, -0.1) is 0 Å². The van der Waals surface area contributed by atoms with E-state index in [0.29, 0.717) is 55.3 Å². The van der Waals surface area contributed by atoms with Gasteiger partial charge >= 0.3 is 11.9 Å². The van der Waals surface area contributed by atoms with E-state index in [1.807, 2.05) is 58.0 Å². The van der Waals surface area contributed by atoms with Gasteiger partial charge in [0.05, 0.1) is 17.9 Å². The second-order valence-electron chi connectivity index (χ2n) is 20.7. The molecule has 0 aromatic heterocycles. The first kappa shape index (κ1) is 39.7. The van der Waals surface area contributed by atoms with Gasteiger partial charge in [-0.2, -0.15) is 0 Å². The Labute approximate surface area is 342 Å². The monoisotopic (exact) mass is 795 g/mol. The average molecular weight is 796 g/mol. The molecule has 10 heteroatoms. The second-order valence-corrected chi connectivity index (χ2v) is 20.7. The largest absolute Gasteiger partial charge is 0.497 e. The molecule has 312 valence electrons. The van der Waals surface area contributed by atoms with E-state index in [4.69, 9.17) is 19.9 Å². The maximum atomic E-state index is 13.0. The summed E-state index contributed by atoms with van der Waals surface area (Å²) in [6.45, 7) is 7.71. The van der Waals surface area contributed by atoms with E-state index in [0.717, 1.165) is 75.3 Å². The van der Waals surface area contributed by atoms with Crippen molar-refractivity contribution in [1.82, 2.24) is 0 Å². The molecule has 6 fully saturated rings. The van der Waals surface area contributed by atoms with E-state index < -0.39 is 33.2 Å². The Morgan fingerprint density at radius 3 is 1.79 bits per heavy atom. The highest BCUT2D eigenvalue weighted by molar-refractivity contribution is 5.99. The van der Waals surface area contributed by atoms with E-state index in [1.54, 1.807) is 7.11 Å². The van der Waals surface area contributed by atoms with Crippen LogP contribution in [0.15, 0.2) is 36.4 Å². The first-order valence-corrected chi connectivity index (χ1v) is 21.9. The van der Waals surface area contributed by atoms with Gasteiger partial charge in [0.1, 0.15) is 28.2 Å². The number of aliphatic hydroxyl groups is 2. The van der Waals surface area contributed by atoms with Crippen LogP contribution >= 0.6 is 0 Å². The minimum absolute atomic E-state index is 0.00513. The molecule has 6 unspecified atom stereocenters. The van der Waals surface area contributed by atoms with Gasteiger partial charge in [0.25, 0.3) is 0 Å². The molecule has 2 spiro atoms. The molecule has 8 aliphatic rings. The lowest BCUT2D eigenvalue weighted by Gasteiger charge is -2.55. The lowest BCUT2D eigenvalue weighted by Crippen LogP contribution is -2.62. The van der Waals surface area contributed by atoms with Crippen molar-refractivity contribution in [2.75, 3.05) is 7.11 Å². The standard InChI is InChI=1S/C24H31NO4.C24H30O5/c1-22(2)11-12-23(29-21(22)27)9-8-19-18-6-3-14-13-15(20(25)26)4-5-16(14)17(18)7-10-24(19,23)28;1-22(2)10-11-23(29-21(22)26)8-7-19-17-13-20(25)18-12-14(28-3)4-5-15(18)16(17)6-9-24(19,23)27/h4-5,13,17-19,28H,3,6-12H2,1-2H3,(H2,25,26);4-5,12,16-17,19,27H,6-11,13H2,1-3H3/t17?,18?,19?,23-,24-;16?,17?,19?,23-,24-/m11/s1. The number of carbonyl (C=O) groups excluding carboxylic acids is 4. The normalized spacial score (nSPS) is 40.0. The van der Waals surface area contributed by atoms with Crippen LogP contribution in [-0.4, -0.2) is 63.4 Å². The number of hydrogen-bond donors (Lipinski definition) is 3. The summed E-state index contributed by atoms with van der Waals surface area (Å²) in [5.74, 6) is 1.43. The number of rotatable bonds is 2. The highest BCUT2D eigenvalue weighted by atomic mass is 16.6. The number of Topliss-reactive ketones (excluding diaryl/α,β-unsaturated/α-hetero) is 1. The lowest BCUT2D eigenvalue weighted by atomic mass is 9.56. The SMILES string of the molecule is CC1(C)CC[C@@]2(CCC3C4CCc5cc(C(N)=O)ccc5C4CC[C@@]32O)OC1=O.COc1ccc2c(c1)C(=O)CC1C2CC[C@@]2(O)C1CC[C@@]21CCC(C)(C)C(=O)O1. The summed E-state index contributed by atoms with van der Waals surface area (Å²) in [6.07, 6.45) is 11.5. The molecular formula is C48H61NO9. The van der Waals surface area contributed by atoms with Crippen LogP contribution < -0.4 is 10.5 Å². The number of carbonyl (C=O) groups is 4. The number of nitrogens with two attached hydrogens (primary N) is 1. The molecule has 2 aromatic rings. The number of primary amides is 1. The molecule has 2 heterocycles. The minimum Gasteiger partial charge on any atom is -0.497 e. The predicted octanol–water partition coefficient (Wildman–Crippen LogP) is 7.49. The van der Waals surface area contributed by atoms with E-state index in [1.165, 1.54) is 11.1 Å². The van der Waals surface area contributed by atoms with Crippen LogP contribution in [0.4, 0.5) is 0 Å². The van der Waals surface area contributed by atoms with Gasteiger partial charge in [-0.05, 0) is 194 Å². The van der Waals surface area contributed by atoms with E-state index >= 15 is 0 Å². The quantitative estimate of drug-likeness (QED) is 0.262. The molecule has 2 saturated heterocycles. The average Bonchev–Trinajstić information content (AvgIpc) is 3.65. The van der Waals surface area contributed by atoms with Crippen LogP contribution in [0.1, 0.15) is 167 Å². The molecule has 0 radical (unpaired) electrons. The summed E-state index contributed by atoms with van der Waals surface area (Å²) in [6, 6.07) is 11.7. The van der Waals surface area contributed by atoms with Crippen LogP contribution in [0.5, 0.6) is 5.75 Å². The smallest absolute Gasteiger partial charge is 0.312 e. The Morgan fingerprint density at radius 1 is 0.690 bits per heavy atom. The molecule has 10 rings (SSSR count). The lowest BCUT2D eigenvalue weighted by molar-refractivity contribution is -0.231. The fourth-order valence-electron chi connectivity index (χ4n) is 13.7. The summed E-state index contributed by atoms with van der Waals surface area (Å²) in [5.41, 5.74) is 6.08. The number of ether oxygens (including phenoxy) is 3. The van der Waals surface area contributed by atoms with Crippen molar-refractivity contribution >= 4 is 23.6 Å². The molecule has 10 nitrogen and oxygen atoms in total. The van der Waals surface area contributed by atoms with Crippen LogP contribution in [0.2, 0.25) is 0 Å². The molecule has 0 bridgehead atoms. The number of methoxy groups -OCH3 is 1. The highest BCUT2D eigenvalue weighted by Gasteiger charge is 2.69. The summed E-state index contributed by atoms with van der Waals surface area (Å²) in [4.78, 5) is 49.8. The number of esters is 2. The first-order valence-electron chi connectivity index (χ1n) is 21.9. The highest BCUT2D eigenvalue weighted by Crippen LogP contribution is 2.65. The number of hydrogen-bond acceptors (Lipinski definition) is 9. The zero-order chi connectivity index (χ0) is 41.2. The second kappa shape index (κ2) is 13.4. The van der Waals surface area contributed by atoms with Crippen LogP contribution in [0.3, 0.4) is 0 Å². The minimum atomic E-state index is -1.02. The van der Waals surface area contributed by atoms with Crippen LogP contribution in [0.25, 0.3) is 0 Å². The third-order valence-electron chi connectivity index (χ3n) is 17.2. The van der Waals surface area contributed by atoms with Gasteiger partial charge in [-0.3, -0.25) is 19.2 Å². The van der Waals surface area contributed by atoms with Gasteiger partial charge < -0.3 is 30.2 Å². The first-order chi connectivity index (χ1) is 27.4. The van der Waals surface area contributed by atoms with Crippen molar-refractivity contribution in [2.45, 2.75) is 158 Å². The van der Waals surface area contributed by atoms with Crippen molar-refractivity contribution in [3.05, 3.63) is 64.2 Å². The van der Waals surface area contributed by atoms with Gasteiger partial charge in [0, 0.05) is 17.5 Å². The Morgan fingerprint density at radius 2 is 1.24 bits per heavy atom. The van der Waals surface area contributed by atoms with Crippen molar-refractivity contribution in [3.63, 3.8) is 0 Å². The van der Waals surface area contributed by atoms with Crippen molar-refractivity contribution in [2.24, 2.45) is 40.2 Å². The predicted molar refractivity (Wildman–Crippen MR) is 215 cm³/mol.